The van der Waals surface area contributed by atoms with E-state index in [1.54, 1.807) is 18.4 Å². The number of thiazole rings is 1. The highest BCUT2D eigenvalue weighted by molar-refractivity contribution is 9.10. The van der Waals surface area contributed by atoms with Crippen LogP contribution < -0.4 is 4.74 Å². The minimum atomic E-state index is 0.781. The van der Waals surface area contributed by atoms with Gasteiger partial charge in [0.1, 0.15) is 5.75 Å². The molecule has 0 bridgehead atoms. The van der Waals surface area contributed by atoms with Crippen molar-refractivity contribution in [2.75, 3.05) is 7.11 Å². The van der Waals surface area contributed by atoms with E-state index in [2.05, 4.69) is 48.7 Å². The maximum Gasteiger partial charge on any atom is 0.135 e. The molecule has 4 rings (SSSR count). The monoisotopic (exact) mass is 373 g/mol. The summed E-state index contributed by atoms with van der Waals surface area (Å²) >= 11 is 5.20. The fourth-order valence-electron chi connectivity index (χ4n) is 2.54. The fraction of sp³-hybridized carbons (Fsp3) is 0.125. The average Bonchev–Trinajstić information content (AvgIpc) is 3.13. The van der Waals surface area contributed by atoms with Gasteiger partial charge in [0.25, 0.3) is 0 Å². The molecule has 4 nitrogen and oxygen atoms in total. The Morgan fingerprint density at radius 2 is 2.09 bits per heavy atom. The van der Waals surface area contributed by atoms with E-state index < -0.39 is 0 Å². The molecule has 0 atom stereocenters. The Labute approximate surface area is 139 Å². The van der Waals surface area contributed by atoms with Crippen molar-refractivity contribution in [2.24, 2.45) is 0 Å². The summed E-state index contributed by atoms with van der Waals surface area (Å²) in [5.74, 6) is 0.795. The van der Waals surface area contributed by atoms with Crippen LogP contribution in [-0.4, -0.2) is 21.6 Å². The number of benzene rings is 2. The highest BCUT2D eigenvalue weighted by atomic mass is 79.9. The first kappa shape index (κ1) is 13.7. The minimum Gasteiger partial charge on any atom is -0.495 e. The summed E-state index contributed by atoms with van der Waals surface area (Å²) in [6, 6.07) is 10.4. The molecule has 0 aliphatic carbocycles. The zero-order chi connectivity index (χ0) is 15.1. The van der Waals surface area contributed by atoms with E-state index >= 15 is 0 Å². The van der Waals surface area contributed by atoms with Gasteiger partial charge in [-0.1, -0.05) is 6.07 Å². The highest BCUT2D eigenvalue weighted by Crippen LogP contribution is 2.30. The van der Waals surface area contributed by atoms with Crippen molar-refractivity contribution < 1.29 is 4.74 Å². The molecule has 0 aliphatic heterocycles. The summed E-state index contributed by atoms with van der Waals surface area (Å²) in [4.78, 5) is 8.79. The molecule has 2 aromatic heterocycles. The van der Waals surface area contributed by atoms with Crippen molar-refractivity contribution in [1.82, 2.24) is 14.5 Å². The van der Waals surface area contributed by atoms with Crippen LogP contribution in [0.15, 0.2) is 46.6 Å². The first-order chi connectivity index (χ1) is 10.7. The number of fused-ring (bicyclic) bond motifs is 2. The number of hydrogen-bond acceptors (Lipinski definition) is 4. The molecule has 0 unspecified atom stereocenters. The molecule has 2 aromatic carbocycles. The van der Waals surface area contributed by atoms with E-state index in [4.69, 9.17) is 4.74 Å². The summed E-state index contributed by atoms with van der Waals surface area (Å²) in [5, 5.41) is 0. The number of hydrogen-bond donors (Lipinski definition) is 0. The van der Waals surface area contributed by atoms with Crippen molar-refractivity contribution in [3.8, 4) is 5.75 Å². The van der Waals surface area contributed by atoms with Gasteiger partial charge in [-0.05, 0) is 39.7 Å². The van der Waals surface area contributed by atoms with Gasteiger partial charge in [-0.3, -0.25) is 0 Å². The van der Waals surface area contributed by atoms with E-state index in [1.165, 1.54) is 10.3 Å². The second-order valence-corrected chi connectivity index (χ2v) is 6.74. The van der Waals surface area contributed by atoms with Crippen molar-refractivity contribution in [3.63, 3.8) is 0 Å². The Morgan fingerprint density at radius 3 is 2.95 bits per heavy atom. The lowest BCUT2D eigenvalue weighted by Crippen LogP contribution is -1.98. The lowest BCUT2D eigenvalue weighted by Gasteiger charge is -2.07. The van der Waals surface area contributed by atoms with E-state index in [0.29, 0.717) is 0 Å². The van der Waals surface area contributed by atoms with E-state index in [0.717, 1.165) is 33.3 Å². The molecule has 110 valence electrons. The Hall–Kier alpha value is -1.92. The Bertz CT molecular complexity index is 976. The van der Waals surface area contributed by atoms with Crippen LogP contribution in [0.5, 0.6) is 5.75 Å². The van der Waals surface area contributed by atoms with Crippen LogP contribution in [0, 0.1) is 0 Å². The normalized spacial score (nSPS) is 11.4. The number of aromatic nitrogens is 3. The summed E-state index contributed by atoms with van der Waals surface area (Å²) in [6.07, 6.45) is 1.87. The smallest absolute Gasteiger partial charge is 0.135 e. The largest absolute Gasteiger partial charge is 0.495 e. The van der Waals surface area contributed by atoms with Crippen LogP contribution in [0.4, 0.5) is 0 Å². The molecular weight excluding hydrogens is 362 g/mol. The number of imidazole rings is 1. The third kappa shape index (κ3) is 2.28. The van der Waals surface area contributed by atoms with Crippen LogP contribution in [0.2, 0.25) is 0 Å². The molecule has 0 saturated carbocycles. The fourth-order valence-corrected chi connectivity index (χ4v) is 3.77. The molecule has 0 spiro atoms. The molecule has 0 saturated heterocycles. The maximum absolute atomic E-state index is 5.32. The first-order valence-corrected chi connectivity index (χ1v) is 8.42. The van der Waals surface area contributed by atoms with Crippen LogP contribution in [0.1, 0.15) is 5.56 Å². The van der Waals surface area contributed by atoms with Gasteiger partial charge < -0.3 is 9.30 Å². The van der Waals surface area contributed by atoms with Gasteiger partial charge in [0, 0.05) is 12.6 Å². The minimum absolute atomic E-state index is 0.781. The third-order valence-electron chi connectivity index (χ3n) is 3.64. The number of halogens is 1. The number of nitrogens with zero attached hydrogens (tertiary/aromatic N) is 3. The van der Waals surface area contributed by atoms with E-state index in [9.17, 15) is 0 Å². The summed E-state index contributed by atoms with van der Waals surface area (Å²) in [6.45, 7) is 0.781. The second kappa shape index (κ2) is 5.37. The second-order valence-electron chi connectivity index (χ2n) is 5.00. The van der Waals surface area contributed by atoms with Crippen molar-refractivity contribution in [1.29, 1.82) is 0 Å². The van der Waals surface area contributed by atoms with Gasteiger partial charge in [0.15, 0.2) is 0 Å². The van der Waals surface area contributed by atoms with Gasteiger partial charge in [-0.15, -0.1) is 11.3 Å². The molecular formula is C16H12BrN3OS. The van der Waals surface area contributed by atoms with Gasteiger partial charge >= 0.3 is 0 Å². The van der Waals surface area contributed by atoms with Crippen LogP contribution in [0.3, 0.4) is 0 Å². The number of methoxy groups -OCH3 is 1. The van der Waals surface area contributed by atoms with Gasteiger partial charge in [-0.2, -0.15) is 0 Å². The van der Waals surface area contributed by atoms with Gasteiger partial charge in [0.2, 0.25) is 0 Å². The molecule has 0 aliphatic rings. The predicted octanol–water partition coefficient (Wildman–Crippen LogP) is 4.47. The summed E-state index contributed by atoms with van der Waals surface area (Å²) in [5.41, 5.74) is 6.18. The summed E-state index contributed by atoms with van der Waals surface area (Å²) in [7, 11) is 1.66. The first-order valence-electron chi connectivity index (χ1n) is 6.75. The molecule has 0 radical (unpaired) electrons. The third-order valence-corrected chi connectivity index (χ3v) is 5.05. The van der Waals surface area contributed by atoms with Crippen molar-refractivity contribution in [3.05, 3.63) is 52.2 Å². The zero-order valence-electron chi connectivity index (χ0n) is 11.8. The number of ether oxygens (including phenoxy) is 1. The van der Waals surface area contributed by atoms with Gasteiger partial charge in [-0.25, -0.2) is 9.97 Å². The molecule has 6 heteroatoms. The van der Waals surface area contributed by atoms with E-state index in [-0.39, 0.29) is 0 Å². The zero-order valence-corrected chi connectivity index (χ0v) is 14.2. The summed E-state index contributed by atoms with van der Waals surface area (Å²) < 4.78 is 9.60. The Kier molecular flexibility index (Phi) is 3.35. The maximum atomic E-state index is 5.32. The SMILES string of the molecule is COc1cc2ncn(Cc3ccc4ncsc4c3)c2cc1Br. The molecule has 0 amide bonds. The lowest BCUT2D eigenvalue weighted by molar-refractivity contribution is 0.412. The van der Waals surface area contributed by atoms with E-state index in [1.807, 2.05) is 24.0 Å². The molecule has 4 aromatic rings. The molecule has 2 heterocycles. The standard InChI is InChI=1S/C16H12BrN3OS/c1-21-15-6-13-14(5-11(15)17)20(8-18-13)7-10-2-3-12-16(4-10)22-9-19-12/h2-6,8-9H,7H2,1H3. The van der Waals surface area contributed by atoms with Crippen molar-refractivity contribution in [2.45, 2.75) is 6.54 Å². The molecule has 0 N–H and O–H groups in total. The lowest BCUT2D eigenvalue weighted by atomic mass is 10.2. The van der Waals surface area contributed by atoms with Crippen LogP contribution in [0.25, 0.3) is 21.3 Å². The molecule has 22 heavy (non-hydrogen) atoms. The Morgan fingerprint density at radius 1 is 1.18 bits per heavy atom. The van der Waals surface area contributed by atoms with Crippen molar-refractivity contribution >= 4 is 48.5 Å². The Balaban J connectivity index is 1.75. The van der Waals surface area contributed by atoms with Gasteiger partial charge in [0.05, 0.1) is 44.7 Å². The highest BCUT2D eigenvalue weighted by Gasteiger charge is 2.09. The molecule has 0 fully saturated rings. The number of rotatable bonds is 3. The quantitative estimate of drug-likeness (QED) is 0.531. The topological polar surface area (TPSA) is 39.9 Å². The van der Waals surface area contributed by atoms with Crippen LogP contribution in [-0.2, 0) is 6.54 Å². The predicted molar refractivity (Wildman–Crippen MR) is 92.7 cm³/mol. The van der Waals surface area contributed by atoms with Crippen LogP contribution >= 0.6 is 27.3 Å². The average molecular weight is 374 g/mol.